The topological polar surface area (TPSA) is 100.0 Å². The van der Waals surface area contributed by atoms with Gasteiger partial charge < -0.3 is 19.8 Å². The van der Waals surface area contributed by atoms with Gasteiger partial charge in [0.1, 0.15) is 0 Å². The lowest BCUT2D eigenvalue weighted by Gasteiger charge is -2.27. The molecule has 1 amide bonds. The van der Waals surface area contributed by atoms with Crippen LogP contribution in [0.5, 0.6) is 11.5 Å². The van der Waals surface area contributed by atoms with Gasteiger partial charge in [-0.3, -0.25) is 14.6 Å². The van der Waals surface area contributed by atoms with Gasteiger partial charge in [0.2, 0.25) is 0 Å². The van der Waals surface area contributed by atoms with Gasteiger partial charge in [-0.25, -0.2) is 0 Å². The van der Waals surface area contributed by atoms with Crippen molar-refractivity contribution in [2.45, 2.75) is 12.6 Å². The van der Waals surface area contributed by atoms with Crippen molar-refractivity contribution in [2.75, 3.05) is 7.11 Å². The Morgan fingerprint density at radius 1 is 1.12 bits per heavy atom. The predicted octanol–water partition coefficient (Wildman–Crippen LogP) is 3.97. The summed E-state index contributed by atoms with van der Waals surface area (Å²) in [6.07, 6.45) is 6.21. The van der Waals surface area contributed by atoms with Crippen molar-refractivity contribution in [3.63, 3.8) is 0 Å². The van der Waals surface area contributed by atoms with Gasteiger partial charge in [0.05, 0.1) is 18.7 Å². The van der Waals surface area contributed by atoms with E-state index in [0.717, 1.165) is 11.1 Å². The van der Waals surface area contributed by atoms with E-state index in [1.54, 1.807) is 42.7 Å². The van der Waals surface area contributed by atoms with E-state index in [-0.39, 0.29) is 23.6 Å². The predicted molar refractivity (Wildman–Crippen MR) is 122 cm³/mol. The number of aromatic hydroxyl groups is 1. The van der Waals surface area contributed by atoms with E-state index >= 15 is 0 Å². The first-order chi connectivity index (χ1) is 16.0. The summed E-state index contributed by atoms with van der Waals surface area (Å²) in [5, 5.41) is 20.7. The van der Waals surface area contributed by atoms with Crippen molar-refractivity contribution in [3.05, 3.63) is 107 Å². The van der Waals surface area contributed by atoms with Crippen LogP contribution in [0.15, 0.2) is 90.5 Å². The number of ether oxygens (including phenoxy) is 1. The van der Waals surface area contributed by atoms with Gasteiger partial charge in [-0.1, -0.05) is 48.5 Å². The second-order valence-corrected chi connectivity index (χ2v) is 7.50. The summed E-state index contributed by atoms with van der Waals surface area (Å²) in [4.78, 5) is 31.7. The van der Waals surface area contributed by atoms with Crippen molar-refractivity contribution in [1.82, 2.24) is 9.88 Å². The molecule has 0 radical (unpaired) electrons. The summed E-state index contributed by atoms with van der Waals surface area (Å²) in [5.74, 6) is -1.63. The van der Waals surface area contributed by atoms with Crippen molar-refractivity contribution in [1.29, 1.82) is 0 Å². The zero-order valence-corrected chi connectivity index (χ0v) is 17.9. The standard InChI is InChI=1S/C26H22N2O5/c1-33-22-14-19(10-12-20(22)29)24-23(21(30)11-9-17-6-3-2-4-7-17)25(31)26(32)28(24)16-18-8-5-13-27-15-18/h2-15,24,29,31H,16H2,1H3/b11-9+. The first kappa shape index (κ1) is 21.8. The number of phenolic OH excluding ortho intramolecular Hbond substituents is 1. The number of amides is 1. The molecule has 166 valence electrons. The maximum atomic E-state index is 13.2. The molecule has 0 bridgehead atoms. The molecule has 3 aromatic rings. The maximum Gasteiger partial charge on any atom is 0.290 e. The van der Waals surface area contributed by atoms with Crippen LogP contribution in [-0.4, -0.2) is 38.9 Å². The number of aliphatic hydroxyl groups is 1. The van der Waals surface area contributed by atoms with E-state index in [2.05, 4.69) is 4.98 Å². The van der Waals surface area contributed by atoms with Crippen LogP contribution in [-0.2, 0) is 16.1 Å². The lowest BCUT2D eigenvalue weighted by molar-refractivity contribution is -0.130. The third-order valence-electron chi connectivity index (χ3n) is 5.39. The molecular weight excluding hydrogens is 420 g/mol. The zero-order valence-electron chi connectivity index (χ0n) is 17.9. The van der Waals surface area contributed by atoms with Gasteiger partial charge >= 0.3 is 0 Å². The largest absolute Gasteiger partial charge is 0.504 e. The normalized spacial score (nSPS) is 16.0. The van der Waals surface area contributed by atoms with Crippen LogP contribution in [0.3, 0.4) is 0 Å². The summed E-state index contributed by atoms with van der Waals surface area (Å²) < 4.78 is 5.21. The number of nitrogens with zero attached hydrogens (tertiary/aromatic N) is 2. The number of benzene rings is 2. The van der Waals surface area contributed by atoms with E-state index in [1.807, 2.05) is 30.3 Å². The van der Waals surface area contributed by atoms with E-state index in [9.17, 15) is 19.8 Å². The summed E-state index contributed by atoms with van der Waals surface area (Å²) >= 11 is 0. The second kappa shape index (κ2) is 9.40. The number of methoxy groups -OCH3 is 1. The summed E-state index contributed by atoms with van der Waals surface area (Å²) in [6.45, 7) is 0.129. The molecular formula is C26H22N2O5. The average molecular weight is 442 g/mol. The van der Waals surface area contributed by atoms with Crippen LogP contribution in [0.2, 0.25) is 0 Å². The Kier molecular flexibility index (Phi) is 6.22. The molecule has 1 aromatic heterocycles. The number of aliphatic hydroxyl groups excluding tert-OH is 1. The van der Waals surface area contributed by atoms with Gasteiger partial charge in [-0.05, 0) is 41.0 Å². The molecule has 0 saturated heterocycles. The first-order valence-corrected chi connectivity index (χ1v) is 10.3. The molecule has 1 aliphatic rings. The molecule has 1 unspecified atom stereocenters. The van der Waals surface area contributed by atoms with Crippen molar-refractivity contribution in [2.24, 2.45) is 0 Å². The fourth-order valence-electron chi connectivity index (χ4n) is 3.79. The van der Waals surface area contributed by atoms with Crippen LogP contribution < -0.4 is 4.74 Å². The Morgan fingerprint density at radius 2 is 1.91 bits per heavy atom. The highest BCUT2D eigenvalue weighted by Gasteiger charge is 2.43. The third-order valence-corrected chi connectivity index (χ3v) is 5.39. The fourth-order valence-corrected chi connectivity index (χ4v) is 3.79. The van der Waals surface area contributed by atoms with E-state index in [0.29, 0.717) is 5.56 Å². The van der Waals surface area contributed by atoms with Crippen molar-refractivity contribution in [3.8, 4) is 11.5 Å². The molecule has 7 heteroatoms. The Bertz CT molecular complexity index is 1240. The Balaban J connectivity index is 1.76. The zero-order chi connectivity index (χ0) is 23.4. The van der Waals surface area contributed by atoms with Crippen LogP contribution in [0.4, 0.5) is 0 Å². The Morgan fingerprint density at radius 3 is 2.61 bits per heavy atom. The lowest BCUT2D eigenvalue weighted by atomic mass is 9.95. The molecule has 33 heavy (non-hydrogen) atoms. The maximum absolute atomic E-state index is 13.2. The quantitative estimate of drug-likeness (QED) is 0.537. The van der Waals surface area contributed by atoms with Crippen LogP contribution >= 0.6 is 0 Å². The van der Waals surface area contributed by atoms with Crippen molar-refractivity contribution < 1.29 is 24.5 Å². The number of aromatic nitrogens is 1. The highest BCUT2D eigenvalue weighted by Crippen LogP contribution is 2.41. The number of carbonyl (C=O) groups excluding carboxylic acids is 2. The highest BCUT2D eigenvalue weighted by molar-refractivity contribution is 6.14. The van der Waals surface area contributed by atoms with E-state index in [4.69, 9.17) is 4.74 Å². The molecule has 0 fully saturated rings. The molecule has 2 aromatic carbocycles. The highest BCUT2D eigenvalue weighted by atomic mass is 16.5. The minimum Gasteiger partial charge on any atom is -0.504 e. The Labute approximate surface area is 190 Å². The molecule has 2 N–H and O–H groups in total. The first-order valence-electron chi connectivity index (χ1n) is 10.3. The number of pyridine rings is 1. The smallest absolute Gasteiger partial charge is 0.290 e. The average Bonchev–Trinajstić information content (AvgIpc) is 3.09. The molecule has 7 nitrogen and oxygen atoms in total. The van der Waals surface area contributed by atoms with Gasteiger partial charge in [-0.15, -0.1) is 0 Å². The van der Waals surface area contributed by atoms with Gasteiger partial charge in [-0.2, -0.15) is 0 Å². The van der Waals surface area contributed by atoms with Crippen LogP contribution in [0, 0.1) is 0 Å². The number of ketones is 1. The van der Waals surface area contributed by atoms with Gasteiger partial charge in [0.15, 0.2) is 23.0 Å². The number of rotatable bonds is 7. The fraction of sp³-hybridized carbons (Fsp3) is 0.115. The number of phenols is 1. The lowest BCUT2D eigenvalue weighted by Crippen LogP contribution is -2.30. The number of allylic oxidation sites excluding steroid dienone is 1. The van der Waals surface area contributed by atoms with Gasteiger partial charge in [0.25, 0.3) is 5.91 Å². The number of carbonyl (C=O) groups is 2. The number of hydrogen-bond acceptors (Lipinski definition) is 6. The molecule has 4 rings (SSSR count). The summed E-state index contributed by atoms with van der Waals surface area (Å²) in [5.41, 5.74) is 2.03. The minimum absolute atomic E-state index is 0.0381. The summed E-state index contributed by atoms with van der Waals surface area (Å²) in [6, 6.07) is 16.5. The summed E-state index contributed by atoms with van der Waals surface area (Å²) in [7, 11) is 1.41. The van der Waals surface area contributed by atoms with E-state index in [1.165, 1.54) is 24.2 Å². The SMILES string of the molecule is COc1cc(C2C(C(=O)/C=C/c3ccccc3)=C(O)C(=O)N2Cc2cccnc2)ccc1O. The van der Waals surface area contributed by atoms with Crippen molar-refractivity contribution >= 4 is 17.8 Å². The van der Waals surface area contributed by atoms with Crippen LogP contribution in [0.25, 0.3) is 6.08 Å². The molecule has 0 spiro atoms. The molecule has 1 aliphatic heterocycles. The minimum atomic E-state index is -0.875. The van der Waals surface area contributed by atoms with Gasteiger partial charge in [0, 0.05) is 18.9 Å². The Hall–Kier alpha value is -4.39. The number of hydrogen-bond donors (Lipinski definition) is 2. The third kappa shape index (κ3) is 4.48. The monoisotopic (exact) mass is 442 g/mol. The van der Waals surface area contributed by atoms with Crippen LogP contribution in [0.1, 0.15) is 22.7 Å². The molecule has 1 atom stereocenters. The second-order valence-electron chi connectivity index (χ2n) is 7.50. The van der Waals surface area contributed by atoms with E-state index < -0.39 is 23.5 Å². The molecule has 2 heterocycles. The molecule has 0 aliphatic carbocycles. The molecule has 0 saturated carbocycles.